The van der Waals surface area contributed by atoms with Crippen LogP contribution in [0.15, 0.2) is 60.7 Å². The van der Waals surface area contributed by atoms with E-state index in [4.69, 9.17) is 9.47 Å². The molecule has 2 aliphatic rings. The average molecular weight is 706 g/mol. The first kappa shape index (κ1) is 39.7. The van der Waals surface area contributed by atoms with E-state index >= 15 is 0 Å². The molecular weight excluding hydrogens is 650 g/mol. The highest BCUT2D eigenvalue weighted by Crippen LogP contribution is 2.17. The standard InChI is InChI=1S/C39H55N5O7/c1-26(2)21-31(36(46)34-25-51-34)41-39(49)33(23-29-13-9-6-10-14-29)43-38(48)32(22-27(3)4)42-37(47)30(16-15-28-11-7-5-8-12-28)40-35(45)24-44-17-19-50-20-18-44/h5-14,26-27,30-34H,15-25H2,1-4H3,(H,40,45)(H,41,49)(H,42,47)(H,43,48)/t30-,31-,32-,33-,34+/m0/s1. The monoisotopic (exact) mass is 705 g/mol. The van der Waals surface area contributed by atoms with Crippen LogP contribution in [-0.4, -0.2) is 104 Å². The third-order valence-electron chi connectivity index (χ3n) is 8.96. The van der Waals surface area contributed by atoms with E-state index < -0.39 is 48.0 Å². The molecule has 4 N–H and O–H groups in total. The molecule has 4 amide bonds. The summed E-state index contributed by atoms with van der Waals surface area (Å²) in [5.41, 5.74) is 1.84. The first-order valence-electron chi connectivity index (χ1n) is 18.2. The summed E-state index contributed by atoms with van der Waals surface area (Å²) in [7, 11) is 0. The molecule has 0 spiro atoms. The molecule has 0 aromatic heterocycles. The third kappa shape index (κ3) is 13.8. The van der Waals surface area contributed by atoms with Gasteiger partial charge in [-0.1, -0.05) is 88.4 Å². The molecule has 2 aromatic carbocycles. The van der Waals surface area contributed by atoms with E-state index in [0.717, 1.165) is 11.1 Å². The van der Waals surface area contributed by atoms with Crippen molar-refractivity contribution >= 4 is 29.4 Å². The van der Waals surface area contributed by atoms with E-state index in [2.05, 4.69) is 21.3 Å². The maximum Gasteiger partial charge on any atom is 0.243 e. The molecule has 0 aliphatic carbocycles. The number of benzene rings is 2. The number of nitrogens with one attached hydrogen (secondary N) is 4. The second kappa shape index (κ2) is 20.0. The van der Waals surface area contributed by atoms with E-state index in [1.54, 1.807) is 0 Å². The molecule has 0 radical (unpaired) electrons. The highest BCUT2D eigenvalue weighted by Gasteiger charge is 2.38. The zero-order chi connectivity index (χ0) is 36.8. The molecule has 2 fully saturated rings. The number of carbonyl (C=O) groups is 5. The van der Waals surface area contributed by atoms with Crippen molar-refractivity contribution in [2.45, 2.75) is 90.1 Å². The van der Waals surface area contributed by atoms with Gasteiger partial charge in [0.05, 0.1) is 32.4 Å². The number of ketones is 1. The minimum Gasteiger partial charge on any atom is -0.379 e. The summed E-state index contributed by atoms with van der Waals surface area (Å²) in [4.78, 5) is 69.9. The molecule has 12 nitrogen and oxygen atoms in total. The van der Waals surface area contributed by atoms with Crippen molar-refractivity contribution in [2.24, 2.45) is 11.8 Å². The van der Waals surface area contributed by atoms with Crippen molar-refractivity contribution in [3.63, 3.8) is 0 Å². The number of amides is 4. The molecule has 2 aromatic rings. The van der Waals surface area contributed by atoms with Gasteiger partial charge >= 0.3 is 0 Å². The molecule has 0 bridgehead atoms. The maximum absolute atomic E-state index is 14.0. The Bertz CT molecular complexity index is 1430. The van der Waals surface area contributed by atoms with Crippen molar-refractivity contribution in [1.82, 2.24) is 26.2 Å². The Labute approximate surface area is 301 Å². The van der Waals surface area contributed by atoms with Gasteiger partial charge in [-0.05, 0) is 48.6 Å². The fourth-order valence-electron chi connectivity index (χ4n) is 6.16. The highest BCUT2D eigenvalue weighted by atomic mass is 16.6. The maximum atomic E-state index is 14.0. The second-order valence-corrected chi connectivity index (χ2v) is 14.4. The third-order valence-corrected chi connectivity index (χ3v) is 8.96. The lowest BCUT2D eigenvalue weighted by molar-refractivity contribution is -0.135. The van der Waals surface area contributed by atoms with Crippen LogP contribution in [0.5, 0.6) is 0 Å². The van der Waals surface area contributed by atoms with E-state index in [9.17, 15) is 24.0 Å². The molecule has 2 saturated heterocycles. The highest BCUT2D eigenvalue weighted by molar-refractivity contribution is 5.97. The van der Waals surface area contributed by atoms with Crippen LogP contribution >= 0.6 is 0 Å². The van der Waals surface area contributed by atoms with Crippen LogP contribution in [0, 0.1) is 11.8 Å². The van der Waals surface area contributed by atoms with Gasteiger partial charge in [0, 0.05) is 19.5 Å². The van der Waals surface area contributed by atoms with E-state index in [1.807, 2.05) is 93.3 Å². The largest absolute Gasteiger partial charge is 0.379 e. The van der Waals surface area contributed by atoms with Crippen molar-refractivity contribution in [2.75, 3.05) is 39.5 Å². The smallest absolute Gasteiger partial charge is 0.243 e. The van der Waals surface area contributed by atoms with Crippen LogP contribution in [-0.2, 0) is 46.3 Å². The first-order valence-corrected chi connectivity index (χ1v) is 18.2. The number of aryl methyl sites for hydroxylation is 1. The zero-order valence-electron chi connectivity index (χ0n) is 30.4. The zero-order valence-corrected chi connectivity index (χ0v) is 30.4. The summed E-state index contributed by atoms with van der Waals surface area (Å²) in [5.74, 6) is -1.79. The molecule has 278 valence electrons. The summed E-state index contributed by atoms with van der Waals surface area (Å²) in [6.45, 7) is 10.7. The molecule has 5 atom stereocenters. The number of nitrogens with zero attached hydrogens (tertiary/aromatic N) is 1. The van der Waals surface area contributed by atoms with Gasteiger partial charge in [-0.15, -0.1) is 0 Å². The Morgan fingerprint density at radius 3 is 1.78 bits per heavy atom. The molecule has 0 saturated carbocycles. The quantitative estimate of drug-likeness (QED) is 0.153. The number of rotatable bonds is 20. The summed E-state index contributed by atoms with van der Waals surface area (Å²) in [5, 5.41) is 11.6. The number of hydrogen-bond acceptors (Lipinski definition) is 8. The summed E-state index contributed by atoms with van der Waals surface area (Å²) < 4.78 is 10.6. The van der Waals surface area contributed by atoms with Crippen LogP contribution in [0.3, 0.4) is 0 Å². The van der Waals surface area contributed by atoms with Crippen LogP contribution in [0.25, 0.3) is 0 Å². The van der Waals surface area contributed by atoms with Gasteiger partial charge in [0.15, 0.2) is 5.78 Å². The molecule has 4 rings (SSSR count). The SMILES string of the molecule is CC(C)C[C@H](NC(=O)[C@H](CCc1ccccc1)NC(=O)CN1CCOCC1)C(=O)N[C@@H](Cc1ccccc1)C(=O)N[C@@H](CC(C)C)C(=O)[C@H]1CO1. The van der Waals surface area contributed by atoms with Gasteiger partial charge in [0.2, 0.25) is 23.6 Å². The number of hydrogen-bond donors (Lipinski definition) is 4. The lowest BCUT2D eigenvalue weighted by Gasteiger charge is -2.28. The van der Waals surface area contributed by atoms with Crippen molar-refractivity contribution < 1.29 is 33.4 Å². The molecule has 12 heteroatoms. The van der Waals surface area contributed by atoms with Gasteiger partial charge in [-0.2, -0.15) is 0 Å². The van der Waals surface area contributed by atoms with Crippen molar-refractivity contribution in [1.29, 1.82) is 0 Å². The number of carbonyl (C=O) groups excluding carboxylic acids is 5. The molecule has 2 aliphatic heterocycles. The van der Waals surface area contributed by atoms with Gasteiger partial charge in [-0.3, -0.25) is 28.9 Å². The van der Waals surface area contributed by atoms with Crippen molar-refractivity contribution in [3.8, 4) is 0 Å². The lowest BCUT2D eigenvalue weighted by atomic mass is 9.97. The van der Waals surface area contributed by atoms with Crippen molar-refractivity contribution in [3.05, 3.63) is 71.8 Å². The molecule has 0 unspecified atom stereocenters. The fourth-order valence-corrected chi connectivity index (χ4v) is 6.16. The minimum atomic E-state index is -1.02. The summed E-state index contributed by atoms with van der Waals surface area (Å²) in [6, 6.07) is 15.4. The first-order chi connectivity index (χ1) is 24.5. The Hall–Kier alpha value is -4.13. The van der Waals surface area contributed by atoms with E-state index in [-0.39, 0.29) is 36.5 Å². The fraction of sp³-hybridized carbons (Fsp3) is 0.564. The van der Waals surface area contributed by atoms with E-state index in [0.29, 0.717) is 58.6 Å². The Morgan fingerprint density at radius 1 is 0.686 bits per heavy atom. The number of epoxide rings is 1. The summed E-state index contributed by atoms with van der Waals surface area (Å²) in [6.07, 6.45) is 1.27. The normalized spacial score (nSPS) is 18.3. The topological polar surface area (TPSA) is 158 Å². The van der Waals surface area contributed by atoms with Gasteiger partial charge in [-0.25, -0.2) is 0 Å². The lowest BCUT2D eigenvalue weighted by Crippen LogP contribution is -2.59. The Balaban J connectivity index is 1.50. The predicted octanol–water partition coefficient (Wildman–Crippen LogP) is 2.19. The van der Waals surface area contributed by atoms with Crippen LogP contribution < -0.4 is 21.3 Å². The predicted molar refractivity (Wildman–Crippen MR) is 194 cm³/mol. The van der Waals surface area contributed by atoms with Gasteiger partial charge < -0.3 is 30.7 Å². The van der Waals surface area contributed by atoms with E-state index in [1.165, 1.54) is 0 Å². The average Bonchev–Trinajstić information content (AvgIpc) is 3.95. The van der Waals surface area contributed by atoms with Crippen LogP contribution in [0.4, 0.5) is 0 Å². The molecule has 2 heterocycles. The van der Waals surface area contributed by atoms with Crippen LogP contribution in [0.1, 0.15) is 58.1 Å². The minimum absolute atomic E-state index is 0.0210. The number of ether oxygens (including phenoxy) is 2. The van der Waals surface area contributed by atoms with Crippen LogP contribution in [0.2, 0.25) is 0 Å². The Morgan fingerprint density at radius 2 is 1.20 bits per heavy atom. The summed E-state index contributed by atoms with van der Waals surface area (Å²) >= 11 is 0. The number of Topliss-reactive ketones (excluding diaryl/α,β-unsaturated/α-hetero) is 1. The molecular formula is C39H55N5O7. The molecule has 51 heavy (non-hydrogen) atoms. The van der Waals surface area contributed by atoms with Gasteiger partial charge in [0.25, 0.3) is 0 Å². The Kier molecular flexibility index (Phi) is 15.6. The van der Waals surface area contributed by atoms with Gasteiger partial charge in [0.1, 0.15) is 24.2 Å². The number of morpholine rings is 1. The second-order valence-electron chi connectivity index (χ2n) is 14.4.